The summed E-state index contributed by atoms with van der Waals surface area (Å²) in [5.74, 6) is 0.557. The van der Waals surface area contributed by atoms with E-state index in [1.165, 1.54) is 12.1 Å². The van der Waals surface area contributed by atoms with E-state index in [9.17, 15) is 14.3 Å². The number of nitrogens with zero attached hydrogens (tertiary/aromatic N) is 1. The highest BCUT2D eigenvalue weighted by Crippen LogP contribution is 2.36. The Bertz CT molecular complexity index is 794. The standard InChI is InChI=1S/C18H16FNO4/c19-13-3-1-2-11(6-13)15-8-14(21)9-20(15)18(22)12-4-5-16-17(7-12)24-10-23-16/h1-7,14-15,21H,8-10H2/t14-,15+/m0/s1. The monoisotopic (exact) mass is 329 g/mol. The van der Waals surface area contributed by atoms with Crippen molar-refractivity contribution in [2.75, 3.05) is 13.3 Å². The maximum absolute atomic E-state index is 13.5. The number of hydrogen-bond donors (Lipinski definition) is 1. The van der Waals surface area contributed by atoms with Crippen molar-refractivity contribution in [1.82, 2.24) is 4.90 Å². The molecule has 1 fully saturated rings. The van der Waals surface area contributed by atoms with Crippen molar-refractivity contribution in [1.29, 1.82) is 0 Å². The Hall–Kier alpha value is -2.60. The van der Waals surface area contributed by atoms with Gasteiger partial charge in [0.25, 0.3) is 5.91 Å². The second kappa shape index (κ2) is 5.79. The molecule has 0 aromatic heterocycles. The molecule has 24 heavy (non-hydrogen) atoms. The maximum Gasteiger partial charge on any atom is 0.254 e. The van der Waals surface area contributed by atoms with Gasteiger partial charge in [-0.1, -0.05) is 12.1 Å². The average Bonchev–Trinajstić information content (AvgIpc) is 3.19. The Morgan fingerprint density at radius 3 is 2.83 bits per heavy atom. The van der Waals surface area contributed by atoms with Crippen molar-refractivity contribution in [2.45, 2.75) is 18.6 Å². The number of fused-ring (bicyclic) bond motifs is 1. The summed E-state index contributed by atoms with van der Waals surface area (Å²) in [6.45, 7) is 0.357. The predicted octanol–water partition coefficient (Wildman–Crippen LogP) is 2.50. The fourth-order valence-electron chi connectivity index (χ4n) is 3.26. The molecule has 0 unspecified atom stereocenters. The van der Waals surface area contributed by atoms with Crippen LogP contribution in [0.4, 0.5) is 4.39 Å². The summed E-state index contributed by atoms with van der Waals surface area (Å²) >= 11 is 0. The molecule has 0 radical (unpaired) electrons. The first-order chi connectivity index (χ1) is 11.6. The molecule has 1 N–H and O–H groups in total. The number of ether oxygens (including phenoxy) is 2. The molecule has 0 saturated carbocycles. The number of carbonyl (C=O) groups is 1. The Morgan fingerprint density at radius 1 is 1.17 bits per heavy atom. The molecule has 2 atom stereocenters. The summed E-state index contributed by atoms with van der Waals surface area (Å²) in [6.07, 6.45) is -0.240. The van der Waals surface area contributed by atoms with Crippen molar-refractivity contribution >= 4 is 5.91 Å². The van der Waals surface area contributed by atoms with E-state index in [2.05, 4.69) is 0 Å². The van der Waals surface area contributed by atoms with Gasteiger partial charge in [-0.05, 0) is 42.3 Å². The van der Waals surface area contributed by atoms with Crippen molar-refractivity contribution in [3.05, 3.63) is 59.4 Å². The number of likely N-dealkylation sites (tertiary alicyclic amines) is 1. The quantitative estimate of drug-likeness (QED) is 0.920. The Kier molecular flexibility index (Phi) is 3.61. The number of aliphatic hydroxyl groups is 1. The largest absolute Gasteiger partial charge is 0.454 e. The molecule has 2 aromatic carbocycles. The van der Waals surface area contributed by atoms with Gasteiger partial charge in [-0.15, -0.1) is 0 Å². The number of rotatable bonds is 2. The minimum Gasteiger partial charge on any atom is -0.454 e. The van der Waals surface area contributed by atoms with Crippen LogP contribution in [0, 0.1) is 5.82 Å². The minimum atomic E-state index is -0.628. The Balaban J connectivity index is 1.64. The second-order valence-corrected chi connectivity index (χ2v) is 5.99. The summed E-state index contributed by atoms with van der Waals surface area (Å²) in [4.78, 5) is 14.5. The van der Waals surface area contributed by atoms with Crippen LogP contribution >= 0.6 is 0 Å². The van der Waals surface area contributed by atoms with Gasteiger partial charge in [0.05, 0.1) is 12.1 Å². The lowest BCUT2D eigenvalue weighted by molar-refractivity contribution is 0.0715. The first-order valence-corrected chi connectivity index (χ1v) is 7.76. The molecular weight excluding hydrogens is 313 g/mol. The molecule has 5 nitrogen and oxygen atoms in total. The summed E-state index contributed by atoms with van der Waals surface area (Å²) < 4.78 is 24.1. The van der Waals surface area contributed by atoms with Gasteiger partial charge in [-0.25, -0.2) is 4.39 Å². The molecular formula is C18H16FNO4. The molecule has 0 spiro atoms. The lowest BCUT2D eigenvalue weighted by atomic mass is 10.0. The molecule has 2 aromatic rings. The number of amides is 1. The van der Waals surface area contributed by atoms with Crippen LogP contribution in [0.5, 0.6) is 11.5 Å². The fraction of sp³-hybridized carbons (Fsp3) is 0.278. The van der Waals surface area contributed by atoms with Gasteiger partial charge in [-0.3, -0.25) is 4.79 Å². The zero-order chi connectivity index (χ0) is 16.7. The number of benzene rings is 2. The fourth-order valence-corrected chi connectivity index (χ4v) is 3.26. The van der Waals surface area contributed by atoms with Crippen LogP contribution in [0.2, 0.25) is 0 Å². The maximum atomic E-state index is 13.5. The lowest BCUT2D eigenvalue weighted by Crippen LogP contribution is -2.31. The lowest BCUT2D eigenvalue weighted by Gasteiger charge is -2.25. The molecule has 0 aliphatic carbocycles. The molecule has 0 bridgehead atoms. The van der Waals surface area contributed by atoms with Gasteiger partial charge >= 0.3 is 0 Å². The molecule has 124 valence electrons. The average molecular weight is 329 g/mol. The Labute approximate surface area is 138 Å². The van der Waals surface area contributed by atoms with Crippen LogP contribution in [0.15, 0.2) is 42.5 Å². The third-order valence-electron chi connectivity index (χ3n) is 4.39. The number of aliphatic hydroxyl groups excluding tert-OH is 1. The molecule has 2 heterocycles. The highest BCUT2D eigenvalue weighted by molar-refractivity contribution is 5.95. The second-order valence-electron chi connectivity index (χ2n) is 5.99. The van der Waals surface area contributed by atoms with Gasteiger partial charge < -0.3 is 19.5 Å². The van der Waals surface area contributed by atoms with Crippen molar-refractivity contribution < 1.29 is 23.8 Å². The summed E-state index contributed by atoms with van der Waals surface area (Å²) in [6, 6.07) is 10.8. The smallest absolute Gasteiger partial charge is 0.254 e. The SMILES string of the molecule is O=C(c1ccc2c(c1)OCO2)N1C[C@@H](O)C[C@@H]1c1cccc(F)c1. The highest BCUT2D eigenvalue weighted by atomic mass is 19.1. The predicted molar refractivity (Wildman–Crippen MR) is 83.4 cm³/mol. The first kappa shape index (κ1) is 15.0. The number of hydrogen-bond acceptors (Lipinski definition) is 4. The third kappa shape index (κ3) is 2.59. The van der Waals surface area contributed by atoms with Crippen LogP contribution < -0.4 is 9.47 Å². The molecule has 1 saturated heterocycles. The van der Waals surface area contributed by atoms with Gasteiger partial charge in [0.2, 0.25) is 6.79 Å². The van der Waals surface area contributed by atoms with Gasteiger partial charge in [0.15, 0.2) is 11.5 Å². The molecule has 6 heteroatoms. The zero-order valence-electron chi connectivity index (χ0n) is 12.8. The normalized spacial score (nSPS) is 22.0. The van der Waals surface area contributed by atoms with E-state index in [4.69, 9.17) is 9.47 Å². The third-order valence-corrected chi connectivity index (χ3v) is 4.39. The van der Waals surface area contributed by atoms with Crippen LogP contribution in [0.25, 0.3) is 0 Å². The highest BCUT2D eigenvalue weighted by Gasteiger charge is 2.36. The van der Waals surface area contributed by atoms with Crippen molar-refractivity contribution in [2.24, 2.45) is 0 Å². The number of carbonyl (C=O) groups excluding carboxylic acids is 1. The van der Waals surface area contributed by atoms with Crippen LogP contribution in [-0.4, -0.2) is 35.4 Å². The summed E-state index contributed by atoms with van der Waals surface area (Å²) in [5.41, 5.74) is 1.13. The molecule has 4 rings (SSSR count). The summed E-state index contributed by atoms with van der Waals surface area (Å²) in [7, 11) is 0. The summed E-state index contributed by atoms with van der Waals surface area (Å²) in [5, 5.41) is 10.0. The molecule has 2 aliphatic rings. The number of β-amino-alcohol motifs (C(OH)–C–C–N with tert-alkyl or cyclic N) is 1. The van der Waals surface area contributed by atoms with E-state index >= 15 is 0 Å². The van der Waals surface area contributed by atoms with Crippen molar-refractivity contribution in [3.8, 4) is 11.5 Å². The van der Waals surface area contributed by atoms with E-state index in [0.29, 0.717) is 29.0 Å². The van der Waals surface area contributed by atoms with Crippen LogP contribution in [-0.2, 0) is 0 Å². The molecule has 2 aliphatic heterocycles. The van der Waals surface area contributed by atoms with E-state index < -0.39 is 6.10 Å². The van der Waals surface area contributed by atoms with E-state index in [0.717, 1.165) is 0 Å². The minimum absolute atomic E-state index is 0.140. The van der Waals surface area contributed by atoms with Gasteiger partial charge in [0, 0.05) is 12.1 Å². The van der Waals surface area contributed by atoms with Crippen LogP contribution in [0.3, 0.4) is 0 Å². The van der Waals surface area contributed by atoms with Crippen LogP contribution in [0.1, 0.15) is 28.4 Å². The van der Waals surface area contributed by atoms with E-state index in [1.54, 1.807) is 35.2 Å². The number of halogens is 1. The van der Waals surface area contributed by atoms with Gasteiger partial charge in [-0.2, -0.15) is 0 Å². The molecule has 1 amide bonds. The van der Waals surface area contributed by atoms with E-state index in [-0.39, 0.29) is 31.1 Å². The topological polar surface area (TPSA) is 59.0 Å². The van der Waals surface area contributed by atoms with E-state index in [1.807, 2.05) is 0 Å². The Morgan fingerprint density at radius 2 is 2.00 bits per heavy atom. The van der Waals surface area contributed by atoms with Gasteiger partial charge in [0.1, 0.15) is 5.82 Å². The zero-order valence-corrected chi connectivity index (χ0v) is 12.8. The van der Waals surface area contributed by atoms with Crippen molar-refractivity contribution in [3.63, 3.8) is 0 Å². The first-order valence-electron chi connectivity index (χ1n) is 7.76.